The Morgan fingerprint density at radius 3 is 2.61 bits per heavy atom. The molecule has 2 aromatic carbocycles. The van der Waals surface area contributed by atoms with Gasteiger partial charge in [-0.15, -0.1) is 11.3 Å². The zero-order valence-electron chi connectivity index (χ0n) is 18.1. The molecule has 6 nitrogen and oxygen atoms in total. The average Bonchev–Trinajstić information content (AvgIpc) is 3.48. The fourth-order valence-electron chi connectivity index (χ4n) is 4.94. The Hall–Kier alpha value is -2.68. The van der Waals surface area contributed by atoms with Crippen LogP contribution in [0.1, 0.15) is 40.1 Å². The Morgan fingerprint density at radius 1 is 0.939 bits per heavy atom. The summed E-state index contributed by atoms with van der Waals surface area (Å²) in [6.45, 7) is 2.18. The van der Waals surface area contributed by atoms with Gasteiger partial charge in [0.05, 0.1) is 9.77 Å². The quantitative estimate of drug-likeness (QED) is 0.546. The summed E-state index contributed by atoms with van der Waals surface area (Å²) >= 11 is 1.50. The van der Waals surface area contributed by atoms with E-state index < -0.39 is 10.0 Å². The normalized spacial score (nSPS) is 17.8. The van der Waals surface area contributed by atoms with Gasteiger partial charge in [-0.05, 0) is 61.2 Å². The minimum Gasteiger partial charge on any atom is -0.488 e. The number of rotatable bonds is 3. The number of carbonyl (C=O) groups excluding carboxylic acids is 1. The standard InChI is InChI=1S/C25H24N2O4S2/c28-25(23-15-18-16-31-22-7-3-2-6-20(22)24(18)32-23)27-13-10-17-14-19(8-9-21(17)27)33(29,30)26-11-4-1-5-12-26/h2-3,6-9,14-15H,1,4-5,10-13,16H2. The number of ether oxygens (including phenoxy) is 1. The van der Waals surface area contributed by atoms with Crippen molar-refractivity contribution in [1.82, 2.24) is 4.31 Å². The molecule has 1 aromatic heterocycles. The van der Waals surface area contributed by atoms with Crippen molar-refractivity contribution in [2.45, 2.75) is 37.2 Å². The molecular formula is C25H24N2O4S2. The highest BCUT2D eigenvalue weighted by Crippen LogP contribution is 2.43. The largest absolute Gasteiger partial charge is 0.488 e. The topological polar surface area (TPSA) is 66.9 Å². The summed E-state index contributed by atoms with van der Waals surface area (Å²) in [4.78, 5) is 17.3. The summed E-state index contributed by atoms with van der Waals surface area (Å²) in [5.74, 6) is 0.803. The van der Waals surface area contributed by atoms with Gasteiger partial charge in [-0.3, -0.25) is 4.79 Å². The van der Waals surface area contributed by atoms with E-state index in [0.717, 1.165) is 52.3 Å². The zero-order valence-corrected chi connectivity index (χ0v) is 19.8. The molecule has 6 rings (SSSR count). The second-order valence-electron chi connectivity index (χ2n) is 8.71. The van der Waals surface area contributed by atoms with Gasteiger partial charge in [0, 0.05) is 41.3 Å². The number of carbonyl (C=O) groups is 1. The van der Waals surface area contributed by atoms with Crippen LogP contribution in [0.2, 0.25) is 0 Å². The van der Waals surface area contributed by atoms with Gasteiger partial charge in [-0.2, -0.15) is 4.31 Å². The van der Waals surface area contributed by atoms with E-state index in [1.807, 2.05) is 30.3 Å². The molecule has 3 aromatic rings. The van der Waals surface area contributed by atoms with Gasteiger partial charge in [0.15, 0.2) is 0 Å². The fourth-order valence-corrected chi connectivity index (χ4v) is 7.66. The van der Waals surface area contributed by atoms with E-state index in [4.69, 9.17) is 4.74 Å². The van der Waals surface area contributed by atoms with E-state index >= 15 is 0 Å². The Balaban J connectivity index is 1.28. The first kappa shape index (κ1) is 20.9. The molecule has 1 saturated heterocycles. The molecule has 0 aliphatic carbocycles. The molecule has 3 aliphatic rings. The Morgan fingerprint density at radius 2 is 1.76 bits per heavy atom. The highest BCUT2D eigenvalue weighted by molar-refractivity contribution is 7.89. The van der Waals surface area contributed by atoms with Crippen LogP contribution < -0.4 is 9.64 Å². The summed E-state index contributed by atoms with van der Waals surface area (Å²) in [5, 5.41) is 0. The average molecular weight is 481 g/mol. The van der Waals surface area contributed by atoms with E-state index in [1.165, 1.54) is 11.3 Å². The molecule has 170 valence electrons. The van der Waals surface area contributed by atoms with Crippen molar-refractivity contribution < 1.29 is 17.9 Å². The minimum absolute atomic E-state index is 0.0442. The summed E-state index contributed by atoms with van der Waals surface area (Å²) < 4.78 is 33.6. The number of thiophene rings is 1. The molecule has 0 bridgehead atoms. The third kappa shape index (κ3) is 3.48. The monoisotopic (exact) mass is 480 g/mol. The van der Waals surface area contributed by atoms with E-state index in [0.29, 0.717) is 42.4 Å². The zero-order chi connectivity index (χ0) is 22.6. The second kappa shape index (κ2) is 7.97. The van der Waals surface area contributed by atoms with Crippen LogP contribution >= 0.6 is 11.3 Å². The molecule has 0 unspecified atom stereocenters. The number of amides is 1. The lowest BCUT2D eigenvalue weighted by Gasteiger charge is -2.26. The van der Waals surface area contributed by atoms with Crippen molar-refractivity contribution in [3.05, 3.63) is 64.5 Å². The number of para-hydroxylation sites is 1. The lowest BCUT2D eigenvalue weighted by atomic mass is 10.1. The van der Waals surface area contributed by atoms with Crippen molar-refractivity contribution in [2.24, 2.45) is 0 Å². The number of piperidine rings is 1. The van der Waals surface area contributed by atoms with Gasteiger partial charge in [-0.1, -0.05) is 18.6 Å². The van der Waals surface area contributed by atoms with Crippen LogP contribution in [0.3, 0.4) is 0 Å². The summed E-state index contributed by atoms with van der Waals surface area (Å²) in [7, 11) is -3.49. The molecule has 0 spiro atoms. The first-order valence-electron chi connectivity index (χ1n) is 11.3. The van der Waals surface area contributed by atoms with Gasteiger partial charge in [0.25, 0.3) is 5.91 Å². The Kier molecular flexibility index (Phi) is 5.05. The number of sulfonamides is 1. The van der Waals surface area contributed by atoms with Crippen LogP contribution in [0.15, 0.2) is 53.4 Å². The minimum atomic E-state index is -3.49. The molecule has 0 N–H and O–H groups in total. The third-order valence-corrected chi connectivity index (χ3v) is 9.77. The van der Waals surface area contributed by atoms with Crippen LogP contribution in [-0.2, 0) is 23.1 Å². The smallest absolute Gasteiger partial charge is 0.268 e. The van der Waals surface area contributed by atoms with Crippen LogP contribution in [-0.4, -0.2) is 38.3 Å². The van der Waals surface area contributed by atoms with Gasteiger partial charge < -0.3 is 9.64 Å². The fraction of sp³-hybridized carbons (Fsp3) is 0.320. The van der Waals surface area contributed by atoms with E-state index in [-0.39, 0.29) is 5.91 Å². The number of fused-ring (bicyclic) bond motifs is 4. The van der Waals surface area contributed by atoms with Crippen molar-refractivity contribution in [1.29, 1.82) is 0 Å². The van der Waals surface area contributed by atoms with Crippen molar-refractivity contribution >= 4 is 33.0 Å². The molecule has 1 fully saturated rings. The van der Waals surface area contributed by atoms with Gasteiger partial charge in [0.1, 0.15) is 12.4 Å². The van der Waals surface area contributed by atoms with Gasteiger partial charge >= 0.3 is 0 Å². The maximum atomic E-state index is 13.4. The highest BCUT2D eigenvalue weighted by atomic mass is 32.2. The lowest BCUT2D eigenvalue weighted by molar-refractivity contribution is 0.0993. The molecule has 3 aliphatic heterocycles. The van der Waals surface area contributed by atoms with Crippen molar-refractivity contribution in [3.8, 4) is 16.2 Å². The summed E-state index contributed by atoms with van der Waals surface area (Å²) in [5.41, 5.74) is 3.78. The lowest BCUT2D eigenvalue weighted by Crippen LogP contribution is -2.35. The molecule has 0 saturated carbocycles. The van der Waals surface area contributed by atoms with Crippen molar-refractivity contribution in [2.75, 3.05) is 24.5 Å². The SMILES string of the molecule is O=C(c1cc2c(s1)-c1ccccc1OC2)N1CCc2cc(S(=O)(=O)N3CCCCC3)ccc21. The van der Waals surface area contributed by atoms with Crippen LogP contribution in [0.5, 0.6) is 5.75 Å². The maximum Gasteiger partial charge on any atom is 0.268 e. The number of hydrogen-bond donors (Lipinski definition) is 0. The van der Waals surface area contributed by atoms with Gasteiger partial charge in [-0.25, -0.2) is 8.42 Å². The Bertz CT molecular complexity index is 1360. The highest BCUT2D eigenvalue weighted by Gasteiger charge is 2.32. The third-order valence-electron chi connectivity index (χ3n) is 6.68. The molecule has 33 heavy (non-hydrogen) atoms. The first-order valence-corrected chi connectivity index (χ1v) is 13.6. The van der Waals surface area contributed by atoms with Crippen LogP contribution in [0.25, 0.3) is 10.4 Å². The van der Waals surface area contributed by atoms with Gasteiger partial charge in [0.2, 0.25) is 10.0 Å². The molecule has 4 heterocycles. The predicted octanol–water partition coefficient (Wildman–Crippen LogP) is 4.69. The van der Waals surface area contributed by atoms with E-state index in [2.05, 4.69) is 0 Å². The van der Waals surface area contributed by atoms with Crippen molar-refractivity contribution in [3.63, 3.8) is 0 Å². The van der Waals surface area contributed by atoms with Crippen LogP contribution in [0, 0.1) is 0 Å². The molecule has 0 atom stereocenters. The second-order valence-corrected chi connectivity index (χ2v) is 11.7. The molecule has 1 amide bonds. The maximum absolute atomic E-state index is 13.4. The number of nitrogens with zero attached hydrogens (tertiary/aromatic N) is 2. The molecular weight excluding hydrogens is 456 g/mol. The van der Waals surface area contributed by atoms with Crippen LogP contribution in [0.4, 0.5) is 5.69 Å². The number of anilines is 1. The summed E-state index contributed by atoms with van der Waals surface area (Å²) in [6, 6.07) is 15.0. The Labute approximate surface area is 197 Å². The predicted molar refractivity (Wildman–Crippen MR) is 129 cm³/mol. The number of benzene rings is 2. The summed E-state index contributed by atoms with van der Waals surface area (Å²) in [6.07, 6.45) is 3.55. The van der Waals surface area contributed by atoms with E-state index in [9.17, 15) is 13.2 Å². The molecule has 8 heteroatoms. The molecule has 0 radical (unpaired) electrons. The number of hydrogen-bond acceptors (Lipinski definition) is 5. The first-order chi connectivity index (χ1) is 16.0. The van der Waals surface area contributed by atoms with E-state index in [1.54, 1.807) is 27.4 Å².